The third-order valence-electron chi connectivity index (χ3n) is 1.75. The van der Waals surface area contributed by atoms with Gasteiger partial charge < -0.3 is 9.73 Å². The minimum atomic E-state index is -1.44. The Hall–Kier alpha value is -2.02. The summed E-state index contributed by atoms with van der Waals surface area (Å²) in [5.41, 5.74) is 0.219. The van der Waals surface area contributed by atoms with Gasteiger partial charge in [0.2, 0.25) is 5.28 Å². The minimum Gasteiger partial charge on any atom is -0.424 e. The molecule has 0 aliphatic rings. The van der Waals surface area contributed by atoms with Crippen molar-refractivity contribution in [3.63, 3.8) is 0 Å². The Labute approximate surface area is 98.4 Å². The van der Waals surface area contributed by atoms with Gasteiger partial charge in [-0.15, -0.1) is 0 Å². The van der Waals surface area contributed by atoms with Gasteiger partial charge in [-0.2, -0.15) is 8.78 Å². The molecule has 0 saturated carbocycles. The molecule has 0 atom stereocenters. The monoisotopic (exact) mass is 259 g/mol. The van der Waals surface area contributed by atoms with E-state index in [0.29, 0.717) is 6.07 Å². The Balaban J connectivity index is 2.14. The van der Waals surface area contributed by atoms with Gasteiger partial charge in [-0.25, -0.2) is 9.97 Å². The summed E-state index contributed by atoms with van der Waals surface area (Å²) in [6, 6.07) is -0.802. The highest BCUT2D eigenvalue weighted by Gasteiger charge is 2.16. The first kappa shape index (κ1) is 11.5. The lowest BCUT2D eigenvalue weighted by Crippen LogP contribution is -2.11. The van der Waals surface area contributed by atoms with E-state index in [0.717, 1.165) is 0 Å². The number of aromatic nitrogens is 2. The second kappa shape index (κ2) is 4.46. The van der Waals surface area contributed by atoms with Crippen LogP contribution in [-0.4, -0.2) is 15.9 Å². The van der Waals surface area contributed by atoms with E-state index in [9.17, 15) is 13.6 Å². The Kier molecular flexibility index (Phi) is 3.01. The molecule has 2 rings (SSSR count). The van der Waals surface area contributed by atoms with Crippen molar-refractivity contribution < 1.29 is 18.0 Å². The van der Waals surface area contributed by atoms with Crippen molar-refractivity contribution in [3.8, 4) is 0 Å². The number of furan rings is 1. The summed E-state index contributed by atoms with van der Waals surface area (Å²) in [7, 11) is 0. The van der Waals surface area contributed by atoms with Gasteiger partial charge in [0, 0.05) is 6.07 Å². The average molecular weight is 260 g/mol. The summed E-state index contributed by atoms with van der Waals surface area (Å²) in [6.07, 6.45) is 2.48. The molecule has 0 fully saturated rings. The summed E-state index contributed by atoms with van der Waals surface area (Å²) in [5, 5.41) is 2.29. The molecule has 0 bridgehead atoms. The van der Waals surface area contributed by atoms with Gasteiger partial charge in [-0.05, 0) is 11.6 Å². The molecule has 0 unspecified atom stereocenters. The van der Waals surface area contributed by atoms with Crippen molar-refractivity contribution in [2.75, 3.05) is 5.32 Å². The molecule has 0 aliphatic heterocycles. The number of anilines is 1. The van der Waals surface area contributed by atoms with Crippen LogP contribution >= 0.6 is 11.6 Å². The standard InChI is InChI=1S/C9H4ClF2N3O2/c10-9-13-2-4(3-14-9)15-8(16)6-1-5(11)7(12)17-6/h1-3H,(H,15,16). The molecular formula is C9H4ClF2N3O2. The molecule has 0 spiro atoms. The summed E-state index contributed by atoms with van der Waals surface area (Å²) in [6.45, 7) is 0. The summed E-state index contributed by atoms with van der Waals surface area (Å²) >= 11 is 5.44. The van der Waals surface area contributed by atoms with Gasteiger partial charge in [0.05, 0.1) is 18.1 Å². The second-order valence-corrected chi connectivity index (χ2v) is 3.27. The van der Waals surface area contributed by atoms with E-state index in [-0.39, 0.29) is 11.0 Å². The van der Waals surface area contributed by atoms with Crippen LogP contribution in [0, 0.1) is 11.8 Å². The van der Waals surface area contributed by atoms with Crippen LogP contribution in [0.1, 0.15) is 10.6 Å². The summed E-state index contributed by atoms with van der Waals surface area (Å²) in [5.74, 6) is -2.55. The van der Waals surface area contributed by atoms with E-state index in [1.807, 2.05) is 0 Å². The smallest absolute Gasteiger partial charge is 0.314 e. The highest BCUT2D eigenvalue weighted by molar-refractivity contribution is 6.28. The first-order chi connectivity index (χ1) is 8.06. The lowest BCUT2D eigenvalue weighted by atomic mass is 10.4. The van der Waals surface area contributed by atoms with Gasteiger partial charge in [-0.3, -0.25) is 4.79 Å². The van der Waals surface area contributed by atoms with Crippen molar-refractivity contribution in [3.05, 3.63) is 41.3 Å². The van der Waals surface area contributed by atoms with Crippen LogP contribution in [0.25, 0.3) is 0 Å². The SMILES string of the molecule is O=C(Nc1cnc(Cl)nc1)c1cc(F)c(F)o1. The largest absolute Gasteiger partial charge is 0.424 e. The van der Waals surface area contributed by atoms with Crippen molar-refractivity contribution in [1.29, 1.82) is 0 Å². The van der Waals surface area contributed by atoms with Crippen LogP contribution in [0.2, 0.25) is 5.28 Å². The fourth-order valence-corrected chi connectivity index (χ4v) is 1.13. The van der Waals surface area contributed by atoms with Crippen LogP contribution in [0.3, 0.4) is 0 Å². The van der Waals surface area contributed by atoms with Crippen LogP contribution in [0.4, 0.5) is 14.5 Å². The van der Waals surface area contributed by atoms with Gasteiger partial charge >= 0.3 is 6.01 Å². The molecule has 1 amide bonds. The van der Waals surface area contributed by atoms with E-state index in [4.69, 9.17) is 11.6 Å². The fourth-order valence-electron chi connectivity index (χ4n) is 1.03. The molecule has 0 saturated heterocycles. The van der Waals surface area contributed by atoms with Crippen molar-refractivity contribution >= 4 is 23.2 Å². The Morgan fingerprint density at radius 3 is 2.53 bits per heavy atom. The van der Waals surface area contributed by atoms with Crippen LogP contribution in [0.15, 0.2) is 22.9 Å². The quantitative estimate of drug-likeness (QED) is 0.840. The lowest BCUT2D eigenvalue weighted by Gasteiger charge is -2.00. The summed E-state index contributed by atoms with van der Waals surface area (Å²) in [4.78, 5) is 18.7. The molecule has 0 radical (unpaired) electrons. The Morgan fingerprint density at radius 2 is 2.00 bits per heavy atom. The van der Waals surface area contributed by atoms with Crippen molar-refractivity contribution in [1.82, 2.24) is 9.97 Å². The third kappa shape index (κ3) is 2.56. The maximum absolute atomic E-state index is 12.6. The molecule has 88 valence electrons. The zero-order valence-corrected chi connectivity index (χ0v) is 8.83. The van der Waals surface area contributed by atoms with Gasteiger partial charge in [0.15, 0.2) is 11.6 Å². The first-order valence-corrected chi connectivity index (χ1v) is 4.68. The molecule has 1 N–H and O–H groups in total. The Morgan fingerprint density at radius 1 is 1.35 bits per heavy atom. The number of nitrogens with zero attached hydrogens (tertiary/aromatic N) is 2. The third-order valence-corrected chi connectivity index (χ3v) is 1.94. The molecule has 0 aromatic carbocycles. The fraction of sp³-hybridized carbons (Fsp3) is 0. The predicted molar refractivity (Wildman–Crippen MR) is 53.6 cm³/mol. The van der Waals surface area contributed by atoms with Crippen molar-refractivity contribution in [2.24, 2.45) is 0 Å². The van der Waals surface area contributed by atoms with Gasteiger partial charge in [-0.1, -0.05) is 0 Å². The normalized spacial score (nSPS) is 10.3. The number of carbonyl (C=O) groups is 1. The highest BCUT2D eigenvalue weighted by atomic mass is 35.5. The number of hydrogen-bond acceptors (Lipinski definition) is 4. The van der Waals surface area contributed by atoms with E-state index in [1.165, 1.54) is 12.4 Å². The molecule has 2 heterocycles. The topological polar surface area (TPSA) is 68.0 Å². The second-order valence-electron chi connectivity index (χ2n) is 2.93. The van der Waals surface area contributed by atoms with Crippen LogP contribution < -0.4 is 5.32 Å². The van der Waals surface area contributed by atoms with E-state index < -0.39 is 23.5 Å². The predicted octanol–water partition coefficient (Wildman–Crippen LogP) is 2.25. The van der Waals surface area contributed by atoms with E-state index in [2.05, 4.69) is 19.7 Å². The number of rotatable bonds is 2. The number of halogens is 3. The summed E-state index contributed by atoms with van der Waals surface area (Å²) < 4.78 is 29.4. The van der Waals surface area contributed by atoms with E-state index >= 15 is 0 Å². The highest BCUT2D eigenvalue weighted by Crippen LogP contribution is 2.14. The Bertz CT molecular complexity index is 536. The maximum atomic E-state index is 12.6. The lowest BCUT2D eigenvalue weighted by molar-refractivity contribution is 0.0988. The molecule has 8 heteroatoms. The van der Waals surface area contributed by atoms with Crippen LogP contribution in [0.5, 0.6) is 0 Å². The molecule has 2 aromatic rings. The zero-order valence-electron chi connectivity index (χ0n) is 8.08. The number of carbonyl (C=O) groups excluding carboxylic acids is 1. The molecule has 17 heavy (non-hydrogen) atoms. The average Bonchev–Trinajstić information content (AvgIpc) is 2.63. The van der Waals surface area contributed by atoms with Gasteiger partial charge in [0.1, 0.15) is 0 Å². The van der Waals surface area contributed by atoms with E-state index in [1.54, 1.807) is 0 Å². The van der Waals surface area contributed by atoms with Crippen molar-refractivity contribution in [2.45, 2.75) is 0 Å². The number of hydrogen-bond donors (Lipinski definition) is 1. The molecular weight excluding hydrogens is 256 g/mol. The number of nitrogens with one attached hydrogen (secondary N) is 1. The number of amides is 1. The first-order valence-electron chi connectivity index (χ1n) is 4.30. The van der Waals surface area contributed by atoms with Crippen LogP contribution in [-0.2, 0) is 0 Å². The minimum absolute atomic E-state index is 0.0121. The maximum Gasteiger partial charge on any atom is 0.314 e. The molecule has 5 nitrogen and oxygen atoms in total. The molecule has 2 aromatic heterocycles. The zero-order chi connectivity index (χ0) is 12.4. The van der Waals surface area contributed by atoms with Gasteiger partial charge in [0.25, 0.3) is 5.91 Å². The molecule has 0 aliphatic carbocycles.